The van der Waals surface area contributed by atoms with E-state index in [0.29, 0.717) is 19.3 Å². The lowest BCUT2D eigenvalue weighted by molar-refractivity contribution is -0.142. The fraction of sp³-hybridized carbons (Fsp3) is 0.304. The molecule has 196 valence electrons. The molecule has 3 aromatic rings. The number of sulfone groups is 1. The molecule has 2 aromatic heterocycles. The Morgan fingerprint density at radius 2 is 1.86 bits per heavy atom. The number of carbonyl (C=O) groups excluding carboxylic acids is 1. The molecule has 4 rings (SSSR count). The number of carbonyl (C=O) groups is 1. The van der Waals surface area contributed by atoms with Gasteiger partial charge in [0.05, 0.1) is 10.5 Å². The van der Waals surface area contributed by atoms with Gasteiger partial charge in [0.15, 0.2) is 15.5 Å². The molecule has 2 N–H and O–H groups in total. The minimum absolute atomic E-state index is 0.0223. The van der Waals surface area contributed by atoms with E-state index in [1.54, 1.807) is 0 Å². The molecule has 0 unspecified atom stereocenters. The molecule has 1 amide bonds. The Morgan fingerprint density at radius 1 is 1.16 bits per heavy atom. The average Bonchev–Trinajstić information content (AvgIpc) is 2.76. The van der Waals surface area contributed by atoms with Gasteiger partial charge >= 0.3 is 6.18 Å². The number of pyridine rings is 1. The molecule has 1 aromatic carbocycles. The number of aliphatic hydroxyl groups is 1. The van der Waals surface area contributed by atoms with Crippen LogP contribution in [-0.4, -0.2) is 40.9 Å². The number of halogens is 4. The van der Waals surface area contributed by atoms with E-state index in [2.05, 4.69) is 20.5 Å². The number of hydrogen-bond donors (Lipinski definition) is 2. The number of anilines is 1. The first-order valence-electron chi connectivity index (χ1n) is 10.8. The topological polar surface area (TPSA) is 131 Å². The van der Waals surface area contributed by atoms with Crippen LogP contribution in [-0.2, 0) is 21.6 Å². The molecule has 37 heavy (non-hydrogen) atoms. The normalized spacial score (nSPS) is 15.1. The summed E-state index contributed by atoms with van der Waals surface area (Å²) < 4.78 is 84.0. The summed E-state index contributed by atoms with van der Waals surface area (Å²) in [5, 5.41) is 19.2. The second-order valence-electron chi connectivity index (χ2n) is 8.58. The van der Waals surface area contributed by atoms with Crippen LogP contribution in [0.4, 0.5) is 23.2 Å². The van der Waals surface area contributed by atoms with E-state index >= 15 is 0 Å². The number of amides is 1. The second kappa shape index (κ2) is 9.34. The minimum atomic E-state index is -4.95. The maximum absolute atomic E-state index is 14.6. The summed E-state index contributed by atoms with van der Waals surface area (Å²) in [4.78, 5) is 16.6. The third kappa shape index (κ3) is 5.39. The highest BCUT2D eigenvalue weighted by atomic mass is 32.2. The van der Waals surface area contributed by atoms with Gasteiger partial charge < -0.3 is 15.2 Å². The first kappa shape index (κ1) is 26.4. The number of ether oxygens (including phenoxy) is 1. The van der Waals surface area contributed by atoms with Crippen LogP contribution in [0.1, 0.15) is 46.4 Å². The van der Waals surface area contributed by atoms with Gasteiger partial charge in [-0.1, -0.05) is 6.07 Å². The standard InChI is InChI=1S/C23H20F4N4O5S/c1-12-17(20(32)28-13-5-3-6-14(11-13)37(2,34)35)21(31-30-18(12)23(25,26)27)36-16-8-7-15(19(24)29-16)22(33)9-4-10-22/h3,5-8,11,33H,4,9-10H2,1-2H3,(H,28,32). The Kier molecular flexibility index (Phi) is 6.67. The third-order valence-corrected chi connectivity index (χ3v) is 7.02. The van der Waals surface area contributed by atoms with Crippen LogP contribution in [0.5, 0.6) is 11.8 Å². The van der Waals surface area contributed by atoms with Crippen molar-refractivity contribution in [2.75, 3.05) is 11.6 Å². The molecule has 0 bridgehead atoms. The number of hydrogen-bond acceptors (Lipinski definition) is 8. The smallest absolute Gasteiger partial charge is 0.418 e. The Hall–Kier alpha value is -3.65. The Labute approximate surface area is 208 Å². The maximum atomic E-state index is 14.6. The maximum Gasteiger partial charge on any atom is 0.435 e. The van der Waals surface area contributed by atoms with Crippen LogP contribution in [0, 0.1) is 12.9 Å². The molecule has 9 nitrogen and oxygen atoms in total. The van der Waals surface area contributed by atoms with Crippen molar-refractivity contribution in [1.82, 2.24) is 15.2 Å². The molecule has 1 fully saturated rings. The van der Waals surface area contributed by atoms with Crippen molar-refractivity contribution in [3.8, 4) is 11.8 Å². The number of rotatable bonds is 6. The SMILES string of the molecule is Cc1c(C(F)(F)F)nnc(Oc2ccc(C3(O)CCC3)c(F)n2)c1C(=O)Nc1cccc(S(C)(=O)=O)c1. The number of nitrogens with zero attached hydrogens (tertiary/aromatic N) is 3. The molecule has 1 saturated carbocycles. The molecule has 1 aliphatic carbocycles. The fourth-order valence-corrected chi connectivity index (χ4v) is 4.47. The highest BCUT2D eigenvalue weighted by Gasteiger charge is 2.40. The monoisotopic (exact) mass is 540 g/mol. The van der Waals surface area contributed by atoms with E-state index in [4.69, 9.17) is 4.74 Å². The largest absolute Gasteiger partial charge is 0.435 e. The lowest BCUT2D eigenvalue weighted by Gasteiger charge is -2.36. The highest BCUT2D eigenvalue weighted by Crippen LogP contribution is 2.42. The van der Waals surface area contributed by atoms with Crippen molar-refractivity contribution in [2.45, 2.75) is 42.9 Å². The predicted octanol–water partition coefficient (Wildman–Crippen LogP) is 4.16. The van der Waals surface area contributed by atoms with Crippen molar-refractivity contribution in [3.63, 3.8) is 0 Å². The van der Waals surface area contributed by atoms with E-state index in [9.17, 15) is 35.9 Å². The zero-order valence-electron chi connectivity index (χ0n) is 19.4. The Bertz CT molecular complexity index is 1490. The highest BCUT2D eigenvalue weighted by molar-refractivity contribution is 7.90. The molecular weight excluding hydrogens is 520 g/mol. The van der Waals surface area contributed by atoms with Gasteiger partial charge in [-0.2, -0.15) is 22.5 Å². The van der Waals surface area contributed by atoms with Crippen LogP contribution in [0.15, 0.2) is 41.3 Å². The molecule has 1 aliphatic rings. The van der Waals surface area contributed by atoms with Gasteiger partial charge in [-0.3, -0.25) is 4.79 Å². The van der Waals surface area contributed by atoms with Crippen molar-refractivity contribution in [2.24, 2.45) is 0 Å². The molecule has 0 saturated heterocycles. The third-order valence-electron chi connectivity index (χ3n) is 5.91. The van der Waals surface area contributed by atoms with E-state index in [0.717, 1.165) is 19.2 Å². The number of aromatic nitrogens is 3. The van der Waals surface area contributed by atoms with Crippen LogP contribution >= 0.6 is 0 Å². The zero-order valence-corrected chi connectivity index (χ0v) is 20.2. The Balaban J connectivity index is 1.72. The van der Waals surface area contributed by atoms with Crippen molar-refractivity contribution in [3.05, 3.63) is 64.7 Å². The Morgan fingerprint density at radius 3 is 2.43 bits per heavy atom. The van der Waals surface area contributed by atoms with E-state index < -0.39 is 62.1 Å². The van der Waals surface area contributed by atoms with Crippen molar-refractivity contribution < 1.29 is 40.6 Å². The summed E-state index contributed by atoms with van der Waals surface area (Å²) in [5.74, 6) is -3.28. The first-order chi connectivity index (χ1) is 17.2. The van der Waals surface area contributed by atoms with Gasteiger partial charge in [0.25, 0.3) is 11.8 Å². The predicted molar refractivity (Wildman–Crippen MR) is 121 cm³/mol. The van der Waals surface area contributed by atoms with Gasteiger partial charge in [-0.15, -0.1) is 10.2 Å². The van der Waals surface area contributed by atoms with Crippen molar-refractivity contribution in [1.29, 1.82) is 0 Å². The fourth-order valence-electron chi connectivity index (χ4n) is 3.81. The second-order valence-corrected chi connectivity index (χ2v) is 10.6. The van der Waals surface area contributed by atoms with Gasteiger partial charge in [-0.25, -0.2) is 8.42 Å². The number of alkyl halides is 3. The van der Waals surface area contributed by atoms with Gasteiger partial charge in [-0.05, 0) is 56.0 Å². The quantitative estimate of drug-likeness (QED) is 0.352. The molecule has 0 aliphatic heterocycles. The van der Waals surface area contributed by atoms with Crippen LogP contribution in [0.3, 0.4) is 0 Å². The summed E-state index contributed by atoms with van der Waals surface area (Å²) in [6.45, 7) is 0.982. The molecule has 0 radical (unpaired) electrons. The van der Waals surface area contributed by atoms with E-state index in [1.165, 1.54) is 30.3 Å². The molecular formula is C23H20F4N4O5S. The van der Waals surface area contributed by atoms with Gasteiger partial charge in [0.1, 0.15) is 5.56 Å². The lowest BCUT2D eigenvalue weighted by Crippen LogP contribution is -2.34. The summed E-state index contributed by atoms with van der Waals surface area (Å²) in [6.07, 6.45) is -2.60. The zero-order chi connectivity index (χ0) is 27.2. The summed E-state index contributed by atoms with van der Waals surface area (Å²) >= 11 is 0. The number of benzene rings is 1. The summed E-state index contributed by atoms with van der Waals surface area (Å²) in [5.41, 5.74) is -4.18. The number of nitrogens with one attached hydrogen (secondary N) is 1. The molecule has 0 atom stereocenters. The average molecular weight is 540 g/mol. The van der Waals surface area contributed by atoms with Crippen molar-refractivity contribution >= 4 is 21.4 Å². The van der Waals surface area contributed by atoms with Gasteiger partial charge in [0.2, 0.25) is 11.8 Å². The van der Waals surface area contributed by atoms with Crippen LogP contribution < -0.4 is 10.1 Å². The van der Waals surface area contributed by atoms with E-state index in [-0.39, 0.29) is 16.1 Å². The molecule has 14 heteroatoms. The van der Waals surface area contributed by atoms with E-state index in [1.807, 2.05) is 0 Å². The first-order valence-corrected chi connectivity index (χ1v) is 12.7. The van der Waals surface area contributed by atoms with Gasteiger partial charge in [0, 0.05) is 23.6 Å². The minimum Gasteiger partial charge on any atom is -0.418 e. The van der Waals surface area contributed by atoms with Crippen LogP contribution in [0.25, 0.3) is 0 Å². The molecule has 2 heterocycles. The van der Waals surface area contributed by atoms with Crippen LogP contribution in [0.2, 0.25) is 0 Å². The summed E-state index contributed by atoms with van der Waals surface area (Å²) in [7, 11) is -3.63. The lowest BCUT2D eigenvalue weighted by atomic mass is 9.75. The summed E-state index contributed by atoms with van der Waals surface area (Å²) in [6, 6.07) is 7.50. The molecule has 0 spiro atoms.